The van der Waals surface area contributed by atoms with Crippen molar-refractivity contribution in [3.63, 3.8) is 0 Å². The monoisotopic (exact) mass is 358 g/mol. The second-order valence-corrected chi connectivity index (χ2v) is 6.50. The molecule has 0 bridgehead atoms. The van der Waals surface area contributed by atoms with Crippen LogP contribution in [0.1, 0.15) is 30.0 Å². The van der Waals surface area contributed by atoms with Gasteiger partial charge in [-0.25, -0.2) is 19.5 Å². The van der Waals surface area contributed by atoms with E-state index >= 15 is 0 Å². The lowest BCUT2D eigenvalue weighted by atomic mass is 10.2. The van der Waals surface area contributed by atoms with E-state index in [2.05, 4.69) is 27.1 Å². The van der Waals surface area contributed by atoms with Crippen LogP contribution in [0.4, 0.5) is 0 Å². The van der Waals surface area contributed by atoms with Crippen LogP contribution in [0.15, 0.2) is 36.8 Å². The highest BCUT2D eigenvalue weighted by atomic mass is 15.3. The van der Waals surface area contributed by atoms with Crippen LogP contribution in [-0.2, 0) is 19.3 Å². The van der Waals surface area contributed by atoms with E-state index in [-0.39, 0.29) is 0 Å². The maximum absolute atomic E-state index is 4.70. The minimum absolute atomic E-state index is 0.675. The number of hydrogen-bond donors (Lipinski definition) is 0. The summed E-state index contributed by atoms with van der Waals surface area (Å²) in [6, 6.07) is 5.88. The van der Waals surface area contributed by atoms with Crippen molar-refractivity contribution in [1.82, 2.24) is 39.2 Å². The van der Waals surface area contributed by atoms with Gasteiger partial charge in [0.05, 0.1) is 5.52 Å². The van der Waals surface area contributed by atoms with Crippen LogP contribution in [0.5, 0.6) is 0 Å². The van der Waals surface area contributed by atoms with E-state index in [1.54, 1.807) is 10.7 Å². The van der Waals surface area contributed by atoms with Crippen LogP contribution in [-0.4, -0.2) is 39.2 Å². The summed E-state index contributed by atoms with van der Waals surface area (Å²) < 4.78 is 3.63. The number of rotatable bonds is 4. The molecule has 0 amide bonds. The quantitative estimate of drug-likeness (QED) is 0.490. The summed E-state index contributed by atoms with van der Waals surface area (Å²) in [5.74, 6) is 2.40. The third-order valence-corrected chi connectivity index (χ3v) is 4.73. The van der Waals surface area contributed by atoms with Gasteiger partial charge in [0.2, 0.25) is 0 Å². The minimum Gasteiger partial charge on any atom is -0.256 e. The van der Waals surface area contributed by atoms with Crippen LogP contribution in [0.2, 0.25) is 0 Å². The Balaban J connectivity index is 1.47. The Morgan fingerprint density at radius 2 is 1.78 bits per heavy atom. The summed E-state index contributed by atoms with van der Waals surface area (Å²) in [5, 5.41) is 10.2. The van der Waals surface area contributed by atoms with Crippen molar-refractivity contribution < 1.29 is 0 Å². The second kappa shape index (κ2) is 6.08. The van der Waals surface area contributed by atoms with Crippen LogP contribution in [0.3, 0.4) is 0 Å². The predicted molar refractivity (Wildman–Crippen MR) is 101 cm³/mol. The van der Waals surface area contributed by atoms with Crippen molar-refractivity contribution in [2.24, 2.45) is 0 Å². The Morgan fingerprint density at radius 1 is 0.963 bits per heavy atom. The van der Waals surface area contributed by atoms with E-state index in [0.717, 1.165) is 51.7 Å². The average Bonchev–Trinajstić information content (AvgIpc) is 3.31. The van der Waals surface area contributed by atoms with Gasteiger partial charge in [-0.2, -0.15) is 9.61 Å². The molecule has 0 spiro atoms. The summed E-state index contributed by atoms with van der Waals surface area (Å²) >= 11 is 0. The molecule has 5 aromatic rings. The lowest BCUT2D eigenvalue weighted by Crippen LogP contribution is -2.00. The Hall–Kier alpha value is -3.42. The molecule has 0 saturated heterocycles. The van der Waals surface area contributed by atoms with Gasteiger partial charge in [0.15, 0.2) is 22.9 Å². The molecular weight excluding hydrogens is 340 g/mol. The first-order valence-corrected chi connectivity index (χ1v) is 9.02. The molecule has 5 rings (SSSR count). The van der Waals surface area contributed by atoms with Crippen molar-refractivity contribution in [2.75, 3.05) is 0 Å². The molecule has 0 atom stereocenters. The number of aryl methyl sites for hydroxylation is 4. The number of pyridine rings is 2. The number of aromatic nitrogens is 8. The molecule has 0 aliphatic carbocycles. The fraction of sp³-hybridized carbons (Fsp3) is 0.263. The van der Waals surface area contributed by atoms with Gasteiger partial charge >= 0.3 is 0 Å². The van der Waals surface area contributed by atoms with Crippen LogP contribution >= 0.6 is 0 Å². The minimum atomic E-state index is 0.675. The largest absolute Gasteiger partial charge is 0.256 e. The zero-order valence-electron chi connectivity index (χ0n) is 15.2. The molecule has 5 aromatic heterocycles. The third-order valence-electron chi connectivity index (χ3n) is 4.73. The van der Waals surface area contributed by atoms with Gasteiger partial charge in [-0.1, -0.05) is 6.92 Å². The lowest BCUT2D eigenvalue weighted by Gasteiger charge is -2.00. The Labute approximate surface area is 154 Å². The van der Waals surface area contributed by atoms with Crippen molar-refractivity contribution in [3.8, 4) is 0 Å². The van der Waals surface area contributed by atoms with Gasteiger partial charge in [-0.3, -0.25) is 4.98 Å². The first-order chi connectivity index (χ1) is 13.2. The molecular formula is C19H18N8. The topological polar surface area (TPSA) is 86.2 Å². The van der Waals surface area contributed by atoms with E-state index in [1.165, 1.54) is 0 Å². The molecule has 8 nitrogen and oxygen atoms in total. The van der Waals surface area contributed by atoms with E-state index in [1.807, 2.05) is 42.0 Å². The summed E-state index contributed by atoms with van der Waals surface area (Å²) in [7, 11) is 0. The molecule has 0 aromatic carbocycles. The highest BCUT2D eigenvalue weighted by Crippen LogP contribution is 2.17. The number of hydrogen-bond acceptors (Lipinski definition) is 6. The van der Waals surface area contributed by atoms with Crippen molar-refractivity contribution in [1.29, 1.82) is 0 Å². The van der Waals surface area contributed by atoms with E-state index in [4.69, 9.17) is 9.97 Å². The molecule has 0 aliphatic heterocycles. The standard InChI is InChI=1S/C19H18N8/c1-3-13-11-21-12(2)27-18(13)22-17(25-27)7-6-16-23-19-14-5-4-9-20-15(14)8-10-26(19)24-16/h4-5,8-11H,3,6-7H2,1-2H3. The second-order valence-electron chi connectivity index (χ2n) is 6.50. The molecule has 0 saturated carbocycles. The van der Waals surface area contributed by atoms with E-state index in [0.29, 0.717) is 12.8 Å². The van der Waals surface area contributed by atoms with Crippen molar-refractivity contribution in [3.05, 3.63) is 59.8 Å². The van der Waals surface area contributed by atoms with Crippen LogP contribution in [0, 0.1) is 6.92 Å². The molecule has 5 heterocycles. The molecule has 0 N–H and O–H groups in total. The molecule has 8 heteroatoms. The SMILES string of the molecule is CCc1cnc(C)n2nc(CCc3nc4c5cccnc5ccn4n3)nc12. The van der Waals surface area contributed by atoms with Gasteiger partial charge in [-0.15, -0.1) is 5.10 Å². The molecule has 134 valence electrons. The highest BCUT2D eigenvalue weighted by molar-refractivity contribution is 5.90. The third kappa shape index (κ3) is 2.61. The van der Waals surface area contributed by atoms with Gasteiger partial charge in [0.1, 0.15) is 5.82 Å². The summed E-state index contributed by atoms with van der Waals surface area (Å²) in [6.07, 6.45) is 7.79. The fourth-order valence-electron chi connectivity index (χ4n) is 3.29. The normalized spacial score (nSPS) is 11.8. The predicted octanol–water partition coefficient (Wildman–Crippen LogP) is 2.37. The van der Waals surface area contributed by atoms with Crippen LogP contribution in [0.25, 0.3) is 22.2 Å². The molecule has 27 heavy (non-hydrogen) atoms. The van der Waals surface area contributed by atoms with Gasteiger partial charge < -0.3 is 0 Å². The molecule has 0 fully saturated rings. The highest BCUT2D eigenvalue weighted by Gasteiger charge is 2.12. The van der Waals surface area contributed by atoms with E-state index < -0.39 is 0 Å². The van der Waals surface area contributed by atoms with E-state index in [9.17, 15) is 0 Å². The van der Waals surface area contributed by atoms with Gasteiger partial charge in [0, 0.05) is 42.4 Å². The van der Waals surface area contributed by atoms with Crippen molar-refractivity contribution in [2.45, 2.75) is 33.1 Å². The maximum Gasteiger partial charge on any atom is 0.164 e. The smallest absolute Gasteiger partial charge is 0.164 e. The molecule has 0 radical (unpaired) electrons. The zero-order chi connectivity index (χ0) is 18.4. The Morgan fingerprint density at radius 3 is 2.63 bits per heavy atom. The van der Waals surface area contributed by atoms with Gasteiger partial charge in [-0.05, 0) is 31.5 Å². The summed E-state index contributed by atoms with van der Waals surface area (Å²) in [6.45, 7) is 4.04. The van der Waals surface area contributed by atoms with Gasteiger partial charge in [0.25, 0.3) is 0 Å². The molecule has 0 unspecified atom stereocenters. The summed E-state index contributed by atoms with van der Waals surface area (Å²) in [5.41, 5.74) is 3.73. The van der Waals surface area contributed by atoms with Crippen molar-refractivity contribution >= 4 is 22.2 Å². The lowest BCUT2D eigenvalue weighted by molar-refractivity contribution is 0.773. The maximum atomic E-state index is 4.70. The number of fused-ring (bicyclic) bond motifs is 4. The summed E-state index contributed by atoms with van der Waals surface area (Å²) in [4.78, 5) is 18.2. The molecule has 0 aliphatic rings. The first kappa shape index (κ1) is 15.8. The number of nitrogens with zero attached hydrogens (tertiary/aromatic N) is 8. The average molecular weight is 358 g/mol. The Bertz CT molecular complexity index is 1280. The van der Waals surface area contributed by atoms with Crippen LogP contribution < -0.4 is 0 Å². The Kier molecular flexibility index (Phi) is 3.56. The first-order valence-electron chi connectivity index (χ1n) is 9.02. The fourth-order valence-corrected chi connectivity index (χ4v) is 3.29. The zero-order valence-corrected chi connectivity index (χ0v) is 15.2.